The number of hydrogen-bond acceptors (Lipinski definition) is 3. The van der Waals surface area contributed by atoms with E-state index < -0.39 is 0 Å². The number of ether oxygens (including phenoxy) is 2. The fourth-order valence-electron chi connectivity index (χ4n) is 3.37. The van der Waals surface area contributed by atoms with E-state index >= 15 is 0 Å². The lowest BCUT2D eigenvalue weighted by Gasteiger charge is -2.09. The predicted molar refractivity (Wildman–Crippen MR) is 107 cm³/mol. The number of para-hydroxylation sites is 1. The number of aromatic nitrogens is 1. The van der Waals surface area contributed by atoms with Crippen molar-refractivity contribution in [2.75, 3.05) is 6.61 Å². The van der Waals surface area contributed by atoms with Gasteiger partial charge in [0.05, 0.1) is 12.1 Å². The third-order valence-electron chi connectivity index (χ3n) is 4.59. The molecule has 0 aliphatic heterocycles. The Hall–Kier alpha value is -3.27. The molecule has 0 fully saturated rings. The highest BCUT2D eigenvalue weighted by Gasteiger charge is 2.14. The fraction of sp³-hybridized carbons (Fsp3) is 0.174. The van der Waals surface area contributed by atoms with E-state index in [4.69, 9.17) is 9.47 Å². The molecule has 1 heterocycles. The first-order chi connectivity index (χ1) is 13.3. The summed E-state index contributed by atoms with van der Waals surface area (Å²) in [5.74, 6) is 0.537. The summed E-state index contributed by atoms with van der Waals surface area (Å²) in [6, 6.07) is 24.2. The van der Waals surface area contributed by atoms with Gasteiger partial charge in [-0.25, -0.2) is 0 Å². The monoisotopic (exact) mass is 359 g/mol. The highest BCUT2D eigenvalue weighted by Crippen LogP contribution is 2.31. The Morgan fingerprint density at radius 2 is 1.63 bits per heavy atom. The van der Waals surface area contributed by atoms with Crippen LogP contribution < -0.4 is 4.74 Å². The van der Waals surface area contributed by atoms with E-state index in [1.165, 1.54) is 0 Å². The molecule has 0 radical (unpaired) electrons. The third kappa shape index (κ3) is 3.51. The van der Waals surface area contributed by atoms with Gasteiger partial charge in [0, 0.05) is 22.4 Å². The first-order valence-corrected chi connectivity index (χ1v) is 9.09. The Morgan fingerprint density at radius 3 is 2.44 bits per heavy atom. The summed E-state index contributed by atoms with van der Waals surface area (Å²) in [4.78, 5) is 12.1. The molecule has 4 heteroatoms. The molecule has 0 aliphatic rings. The molecule has 4 rings (SSSR count). The molecule has 0 N–H and O–H groups in total. The lowest BCUT2D eigenvalue weighted by molar-refractivity contribution is -0.143. The van der Waals surface area contributed by atoms with Crippen LogP contribution in [0, 0.1) is 0 Å². The van der Waals surface area contributed by atoms with Crippen LogP contribution >= 0.6 is 0 Å². The average molecular weight is 359 g/mol. The minimum atomic E-state index is -0.240. The van der Waals surface area contributed by atoms with Crippen LogP contribution in [0.4, 0.5) is 0 Å². The summed E-state index contributed by atoms with van der Waals surface area (Å²) in [5, 5.41) is 2.22. The first-order valence-electron chi connectivity index (χ1n) is 9.09. The van der Waals surface area contributed by atoms with Crippen LogP contribution in [-0.2, 0) is 22.7 Å². The van der Waals surface area contributed by atoms with Crippen LogP contribution in [0.1, 0.15) is 12.5 Å². The van der Waals surface area contributed by atoms with Crippen molar-refractivity contribution >= 4 is 27.8 Å². The Morgan fingerprint density at radius 1 is 0.889 bits per heavy atom. The standard InChI is InChI=1S/C23H21NO3/c1-2-26-23(25)15-24-21-11-7-6-10-19(21)20-13-12-18(14-22(20)24)27-16-17-8-4-3-5-9-17/h3-14H,2,15-16H2,1H3. The predicted octanol–water partition coefficient (Wildman–Crippen LogP) is 4.94. The molecule has 4 nitrogen and oxygen atoms in total. The van der Waals surface area contributed by atoms with Gasteiger partial charge in [0.15, 0.2) is 0 Å². The Bertz CT molecular complexity index is 1080. The largest absolute Gasteiger partial charge is 0.489 e. The summed E-state index contributed by atoms with van der Waals surface area (Å²) in [6.45, 7) is 2.88. The molecule has 0 atom stereocenters. The molecule has 0 aliphatic carbocycles. The van der Waals surface area contributed by atoms with Crippen molar-refractivity contribution in [1.82, 2.24) is 4.57 Å². The lowest BCUT2D eigenvalue weighted by Crippen LogP contribution is -2.13. The molecule has 4 aromatic rings. The summed E-state index contributed by atoms with van der Waals surface area (Å²) in [5.41, 5.74) is 3.10. The van der Waals surface area contributed by atoms with Crippen LogP contribution in [0.15, 0.2) is 72.8 Å². The SMILES string of the molecule is CCOC(=O)Cn1c2ccccc2c2ccc(OCc3ccccc3)cc21. The van der Waals surface area contributed by atoms with Gasteiger partial charge in [-0.3, -0.25) is 4.79 Å². The van der Waals surface area contributed by atoms with Crippen LogP contribution in [0.3, 0.4) is 0 Å². The number of benzene rings is 3. The molecule has 1 aromatic heterocycles. The summed E-state index contributed by atoms with van der Waals surface area (Å²) >= 11 is 0. The molecule has 0 amide bonds. The molecular formula is C23H21NO3. The van der Waals surface area contributed by atoms with Gasteiger partial charge in [0.2, 0.25) is 0 Å². The van der Waals surface area contributed by atoms with Gasteiger partial charge in [-0.15, -0.1) is 0 Å². The number of esters is 1. The van der Waals surface area contributed by atoms with E-state index in [1.807, 2.05) is 72.2 Å². The van der Waals surface area contributed by atoms with Crippen LogP contribution in [0.2, 0.25) is 0 Å². The van der Waals surface area contributed by atoms with Crippen molar-refractivity contribution in [2.45, 2.75) is 20.1 Å². The number of hydrogen-bond donors (Lipinski definition) is 0. The normalized spacial score (nSPS) is 11.0. The number of fused-ring (bicyclic) bond motifs is 3. The smallest absolute Gasteiger partial charge is 0.325 e. The van der Waals surface area contributed by atoms with E-state index in [-0.39, 0.29) is 12.5 Å². The maximum atomic E-state index is 12.1. The summed E-state index contributed by atoms with van der Waals surface area (Å²) in [6.07, 6.45) is 0. The summed E-state index contributed by atoms with van der Waals surface area (Å²) < 4.78 is 13.1. The second-order valence-electron chi connectivity index (χ2n) is 6.36. The van der Waals surface area contributed by atoms with E-state index in [9.17, 15) is 4.79 Å². The highest BCUT2D eigenvalue weighted by molar-refractivity contribution is 6.08. The number of carbonyl (C=O) groups excluding carboxylic acids is 1. The van der Waals surface area contributed by atoms with Gasteiger partial charge in [0.1, 0.15) is 18.9 Å². The molecule has 3 aromatic carbocycles. The van der Waals surface area contributed by atoms with Crippen molar-refractivity contribution in [1.29, 1.82) is 0 Å². The second kappa shape index (κ2) is 7.54. The van der Waals surface area contributed by atoms with E-state index in [1.54, 1.807) is 0 Å². The molecule has 0 saturated carbocycles. The first kappa shape index (κ1) is 17.2. The van der Waals surface area contributed by atoms with Gasteiger partial charge < -0.3 is 14.0 Å². The number of carbonyl (C=O) groups is 1. The molecule has 0 bridgehead atoms. The quantitative estimate of drug-likeness (QED) is 0.458. The zero-order valence-corrected chi connectivity index (χ0v) is 15.2. The van der Waals surface area contributed by atoms with Crippen LogP contribution in [0.25, 0.3) is 21.8 Å². The minimum Gasteiger partial charge on any atom is -0.489 e. The van der Waals surface area contributed by atoms with Gasteiger partial charge in [-0.2, -0.15) is 0 Å². The third-order valence-corrected chi connectivity index (χ3v) is 4.59. The molecule has 0 saturated heterocycles. The Balaban J connectivity index is 1.72. The summed E-state index contributed by atoms with van der Waals surface area (Å²) in [7, 11) is 0. The van der Waals surface area contributed by atoms with Crippen LogP contribution in [0.5, 0.6) is 5.75 Å². The molecule has 0 unspecified atom stereocenters. The molecule has 0 spiro atoms. The van der Waals surface area contributed by atoms with Crippen molar-refractivity contribution in [3.8, 4) is 5.75 Å². The van der Waals surface area contributed by atoms with Crippen molar-refractivity contribution in [3.05, 3.63) is 78.4 Å². The van der Waals surface area contributed by atoms with E-state index in [2.05, 4.69) is 12.1 Å². The van der Waals surface area contributed by atoms with Crippen molar-refractivity contribution < 1.29 is 14.3 Å². The topological polar surface area (TPSA) is 40.5 Å². The molecular weight excluding hydrogens is 338 g/mol. The Kier molecular flexibility index (Phi) is 4.79. The maximum absolute atomic E-state index is 12.1. The lowest BCUT2D eigenvalue weighted by atomic mass is 10.1. The average Bonchev–Trinajstić information content (AvgIpc) is 3.01. The van der Waals surface area contributed by atoms with Crippen molar-refractivity contribution in [3.63, 3.8) is 0 Å². The van der Waals surface area contributed by atoms with Gasteiger partial charge >= 0.3 is 5.97 Å². The minimum absolute atomic E-state index is 0.181. The highest BCUT2D eigenvalue weighted by atomic mass is 16.5. The zero-order valence-electron chi connectivity index (χ0n) is 15.2. The Labute approximate surface area is 157 Å². The van der Waals surface area contributed by atoms with E-state index in [0.717, 1.165) is 33.1 Å². The van der Waals surface area contributed by atoms with E-state index in [0.29, 0.717) is 13.2 Å². The maximum Gasteiger partial charge on any atom is 0.325 e. The second-order valence-corrected chi connectivity index (χ2v) is 6.36. The van der Waals surface area contributed by atoms with Gasteiger partial charge in [-0.1, -0.05) is 48.5 Å². The molecule has 27 heavy (non-hydrogen) atoms. The number of rotatable bonds is 6. The fourth-order valence-corrected chi connectivity index (χ4v) is 3.37. The number of nitrogens with zero attached hydrogens (tertiary/aromatic N) is 1. The molecule has 136 valence electrons. The van der Waals surface area contributed by atoms with Crippen molar-refractivity contribution in [2.24, 2.45) is 0 Å². The van der Waals surface area contributed by atoms with Gasteiger partial charge in [-0.05, 0) is 30.7 Å². The zero-order chi connectivity index (χ0) is 18.6. The van der Waals surface area contributed by atoms with Gasteiger partial charge in [0.25, 0.3) is 0 Å². The van der Waals surface area contributed by atoms with Crippen LogP contribution in [-0.4, -0.2) is 17.1 Å².